The van der Waals surface area contributed by atoms with E-state index in [1.165, 1.54) is 11.6 Å². The molecule has 0 amide bonds. The van der Waals surface area contributed by atoms with Crippen molar-refractivity contribution in [2.24, 2.45) is 7.05 Å². The first-order valence-corrected chi connectivity index (χ1v) is 5.16. The van der Waals surface area contributed by atoms with Crippen molar-refractivity contribution in [2.75, 3.05) is 0 Å². The van der Waals surface area contributed by atoms with Gasteiger partial charge in [-0.05, 0) is 23.8 Å². The largest absolute Gasteiger partial charge is 0.357 e. The predicted octanol–water partition coefficient (Wildman–Crippen LogP) is 1.85. The molecule has 2 rings (SSSR count). The standard InChI is InChI=1S/C12H14FN3/c1-16-6-4-10(9-16)7-14-8-12-11(13)3-2-5-15-12/h2-6,9,14H,7-8H2,1H3. The molecular weight excluding hydrogens is 205 g/mol. The van der Waals surface area contributed by atoms with E-state index in [9.17, 15) is 4.39 Å². The molecule has 0 atom stereocenters. The minimum atomic E-state index is -0.261. The van der Waals surface area contributed by atoms with E-state index >= 15 is 0 Å². The first-order valence-electron chi connectivity index (χ1n) is 5.16. The van der Waals surface area contributed by atoms with Crippen molar-refractivity contribution in [1.82, 2.24) is 14.9 Å². The van der Waals surface area contributed by atoms with E-state index in [0.717, 1.165) is 6.54 Å². The minimum absolute atomic E-state index is 0.261. The zero-order valence-electron chi connectivity index (χ0n) is 9.15. The highest BCUT2D eigenvalue weighted by Crippen LogP contribution is 2.03. The molecule has 2 aromatic heterocycles. The molecule has 0 aliphatic carbocycles. The number of nitrogens with one attached hydrogen (secondary N) is 1. The number of rotatable bonds is 4. The first-order chi connectivity index (χ1) is 7.75. The lowest BCUT2D eigenvalue weighted by molar-refractivity contribution is 0.574. The Labute approximate surface area is 93.9 Å². The van der Waals surface area contributed by atoms with Gasteiger partial charge >= 0.3 is 0 Å². The summed E-state index contributed by atoms with van der Waals surface area (Å²) in [7, 11) is 1.97. The third kappa shape index (κ3) is 2.67. The molecule has 0 fully saturated rings. The predicted molar refractivity (Wildman–Crippen MR) is 60.2 cm³/mol. The van der Waals surface area contributed by atoms with E-state index in [1.54, 1.807) is 12.3 Å². The summed E-state index contributed by atoms with van der Waals surface area (Å²) in [6.45, 7) is 1.17. The van der Waals surface area contributed by atoms with Crippen LogP contribution < -0.4 is 5.32 Å². The Morgan fingerprint density at radius 2 is 2.25 bits per heavy atom. The molecule has 2 heterocycles. The van der Waals surface area contributed by atoms with Crippen molar-refractivity contribution in [2.45, 2.75) is 13.1 Å². The van der Waals surface area contributed by atoms with Gasteiger partial charge < -0.3 is 9.88 Å². The molecule has 3 nitrogen and oxygen atoms in total. The summed E-state index contributed by atoms with van der Waals surface area (Å²) in [5, 5.41) is 3.16. The van der Waals surface area contributed by atoms with Crippen molar-refractivity contribution < 1.29 is 4.39 Å². The third-order valence-electron chi connectivity index (χ3n) is 2.35. The highest BCUT2D eigenvalue weighted by Gasteiger charge is 2.01. The molecule has 0 saturated heterocycles. The Morgan fingerprint density at radius 3 is 2.94 bits per heavy atom. The Bertz CT molecular complexity index is 465. The second-order valence-electron chi connectivity index (χ2n) is 3.72. The second-order valence-corrected chi connectivity index (χ2v) is 3.72. The Kier molecular flexibility index (Phi) is 3.31. The third-order valence-corrected chi connectivity index (χ3v) is 2.35. The summed E-state index contributed by atoms with van der Waals surface area (Å²) in [5.74, 6) is -0.261. The van der Waals surface area contributed by atoms with Gasteiger partial charge in [-0.25, -0.2) is 4.39 Å². The molecular formula is C12H14FN3. The molecule has 84 valence electrons. The van der Waals surface area contributed by atoms with Gasteiger partial charge in [-0.15, -0.1) is 0 Å². The smallest absolute Gasteiger partial charge is 0.146 e. The molecule has 2 aromatic rings. The van der Waals surface area contributed by atoms with Gasteiger partial charge in [0, 0.05) is 38.7 Å². The molecule has 0 aliphatic rings. The zero-order valence-corrected chi connectivity index (χ0v) is 9.15. The number of hydrogen-bond acceptors (Lipinski definition) is 2. The lowest BCUT2D eigenvalue weighted by Crippen LogP contribution is -2.14. The quantitative estimate of drug-likeness (QED) is 0.850. The number of pyridine rings is 1. The van der Waals surface area contributed by atoms with E-state index in [0.29, 0.717) is 12.2 Å². The molecule has 4 heteroatoms. The van der Waals surface area contributed by atoms with Gasteiger partial charge in [0.25, 0.3) is 0 Å². The second kappa shape index (κ2) is 4.90. The molecule has 1 N–H and O–H groups in total. The van der Waals surface area contributed by atoms with Gasteiger partial charge in [0.15, 0.2) is 0 Å². The number of aromatic nitrogens is 2. The van der Waals surface area contributed by atoms with Crippen molar-refractivity contribution in [1.29, 1.82) is 0 Å². The van der Waals surface area contributed by atoms with E-state index in [-0.39, 0.29) is 5.82 Å². The minimum Gasteiger partial charge on any atom is -0.357 e. The number of nitrogens with zero attached hydrogens (tertiary/aromatic N) is 2. The van der Waals surface area contributed by atoms with Crippen LogP contribution in [0, 0.1) is 5.82 Å². The lowest BCUT2D eigenvalue weighted by atomic mass is 10.3. The summed E-state index contributed by atoms with van der Waals surface area (Å²) >= 11 is 0. The lowest BCUT2D eigenvalue weighted by Gasteiger charge is -2.03. The molecule has 16 heavy (non-hydrogen) atoms. The van der Waals surface area contributed by atoms with Crippen molar-refractivity contribution >= 4 is 0 Å². The fourth-order valence-electron chi connectivity index (χ4n) is 1.54. The SMILES string of the molecule is Cn1ccc(CNCc2ncccc2F)c1. The van der Waals surface area contributed by atoms with Gasteiger partial charge in [-0.3, -0.25) is 4.98 Å². The normalized spacial score (nSPS) is 10.6. The van der Waals surface area contributed by atoms with Crippen LogP contribution in [-0.4, -0.2) is 9.55 Å². The summed E-state index contributed by atoms with van der Waals surface area (Å²) in [6.07, 6.45) is 5.61. The van der Waals surface area contributed by atoms with Crippen LogP contribution in [0.15, 0.2) is 36.8 Å². The number of hydrogen-bond donors (Lipinski definition) is 1. The van der Waals surface area contributed by atoms with Gasteiger partial charge in [-0.1, -0.05) is 0 Å². The van der Waals surface area contributed by atoms with Crippen molar-refractivity contribution in [3.63, 3.8) is 0 Å². The average Bonchev–Trinajstić information content (AvgIpc) is 2.67. The van der Waals surface area contributed by atoms with E-state index in [4.69, 9.17) is 0 Å². The summed E-state index contributed by atoms with van der Waals surface area (Å²) in [5.41, 5.74) is 1.64. The van der Waals surface area contributed by atoms with Crippen molar-refractivity contribution in [3.05, 3.63) is 53.9 Å². The maximum atomic E-state index is 13.2. The molecule has 0 bridgehead atoms. The molecule has 0 aromatic carbocycles. The van der Waals surface area contributed by atoms with Crippen LogP contribution in [-0.2, 0) is 20.1 Å². The highest BCUT2D eigenvalue weighted by molar-refractivity contribution is 5.10. The van der Waals surface area contributed by atoms with Crippen LogP contribution in [0.5, 0.6) is 0 Å². The Hall–Kier alpha value is -1.68. The van der Waals surface area contributed by atoms with Crippen LogP contribution in [0.2, 0.25) is 0 Å². The fraction of sp³-hybridized carbons (Fsp3) is 0.250. The number of halogens is 1. The summed E-state index contributed by atoms with van der Waals surface area (Å²) < 4.78 is 15.2. The van der Waals surface area contributed by atoms with Crippen LogP contribution >= 0.6 is 0 Å². The van der Waals surface area contributed by atoms with E-state index < -0.39 is 0 Å². The van der Waals surface area contributed by atoms with E-state index in [2.05, 4.69) is 10.3 Å². The molecule has 0 saturated carbocycles. The maximum absolute atomic E-state index is 13.2. The Balaban J connectivity index is 1.87. The highest BCUT2D eigenvalue weighted by atomic mass is 19.1. The molecule has 0 aliphatic heterocycles. The van der Waals surface area contributed by atoms with E-state index in [1.807, 2.05) is 30.1 Å². The van der Waals surface area contributed by atoms with Crippen LogP contribution in [0.3, 0.4) is 0 Å². The zero-order chi connectivity index (χ0) is 11.4. The van der Waals surface area contributed by atoms with Crippen LogP contribution in [0.1, 0.15) is 11.3 Å². The Morgan fingerprint density at radius 1 is 1.38 bits per heavy atom. The molecule has 0 unspecified atom stereocenters. The molecule has 0 radical (unpaired) electrons. The van der Waals surface area contributed by atoms with Crippen LogP contribution in [0.25, 0.3) is 0 Å². The van der Waals surface area contributed by atoms with Crippen molar-refractivity contribution in [3.8, 4) is 0 Å². The fourth-order valence-corrected chi connectivity index (χ4v) is 1.54. The average molecular weight is 219 g/mol. The van der Waals surface area contributed by atoms with Gasteiger partial charge in [0.2, 0.25) is 0 Å². The maximum Gasteiger partial charge on any atom is 0.146 e. The van der Waals surface area contributed by atoms with Crippen LogP contribution in [0.4, 0.5) is 4.39 Å². The molecule has 0 spiro atoms. The van der Waals surface area contributed by atoms with Gasteiger partial charge in [0.05, 0.1) is 5.69 Å². The van der Waals surface area contributed by atoms with Gasteiger partial charge in [0.1, 0.15) is 5.82 Å². The first kappa shape index (κ1) is 10.8. The summed E-state index contributed by atoms with van der Waals surface area (Å²) in [4.78, 5) is 3.97. The summed E-state index contributed by atoms with van der Waals surface area (Å²) in [6, 6.07) is 5.05. The van der Waals surface area contributed by atoms with Gasteiger partial charge in [-0.2, -0.15) is 0 Å². The monoisotopic (exact) mass is 219 g/mol. The number of aryl methyl sites for hydroxylation is 1. The topological polar surface area (TPSA) is 29.9 Å².